The lowest BCUT2D eigenvalue weighted by molar-refractivity contribution is -0.132. The summed E-state index contributed by atoms with van der Waals surface area (Å²) < 4.78 is 0.892. The molecule has 1 heterocycles. The molecule has 2 rings (SSSR count). The van der Waals surface area contributed by atoms with Crippen molar-refractivity contribution < 1.29 is 14.7 Å². The lowest BCUT2D eigenvalue weighted by Crippen LogP contribution is -2.27. The molecule has 1 amide bonds. The zero-order valence-corrected chi connectivity index (χ0v) is 12.6. The van der Waals surface area contributed by atoms with E-state index in [1.807, 2.05) is 6.07 Å². The van der Waals surface area contributed by atoms with E-state index in [0.29, 0.717) is 5.56 Å². The van der Waals surface area contributed by atoms with Crippen LogP contribution in [0.2, 0.25) is 0 Å². The number of carboxylic acid groups (broad SMARTS) is 1. The quantitative estimate of drug-likeness (QED) is 0.830. The highest BCUT2D eigenvalue weighted by Gasteiger charge is 2.13. The molecule has 20 heavy (non-hydrogen) atoms. The van der Waals surface area contributed by atoms with Crippen LogP contribution in [-0.2, 0) is 4.79 Å². The molecule has 4 nitrogen and oxygen atoms in total. The van der Waals surface area contributed by atoms with Crippen molar-refractivity contribution in [3.8, 4) is 0 Å². The van der Waals surface area contributed by atoms with E-state index in [2.05, 4.69) is 21.2 Å². The molecule has 0 aliphatic heterocycles. The first-order chi connectivity index (χ1) is 9.56. The summed E-state index contributed by atoms with van der Waals surface area (Å²) in [6.07, 6.45) is 1.43. The monoisotopic (exact) mass is 351 g/mol. The Morgan fingerprint density at radius 1 is 1.15 bits per heavy atom. The Kier molecular flexibility index (Phi) is 4.70. The van der Waals surface area contributed by atoms with Crippen LogP contribution in [0.5, 0.6) is 0 Å². The zero-order chi connectivity index (χ0) is 14.5. The van der Waals surface area contributed by atoms with Gasteiger partial charge in [-0.25, -0.2) is 4.79 Å². The Morgan fingerprint density at radius 3 is 2.40 bits per heavy atom. The molecule has 6 heteroatoms. The molecule has 102 valence electrons. The molecule has 0 aliphatic carbocycles. The Hall–Kier alpha value is -1.92. The molecule has 1 aromatic heterocycles. The lowest BCUT2D eigenvalue weighted by atomic mass is 10.2. The van der Waals surface area contributed by atoms with E-state index >= 15 is 0 Å². The molecule has 0 saturated carbocycles. The van der Waals surface area contributed by atoms with Crippen LogP contribution < -0.4 is 5.32 Å². The van der Waals surface area contributed by atoms with Crippen LogP contribution in [0.25, 0.3) is 6.08 Å². The van der Waals surface area contributed by atoms with Crippen LogP contribution >= 0.6 is 27.3 Å². The van der Waals surface area contributed by atoms with Crippen molar-refractivity contribution in [1.29, 1.82) is 0 Å². The summed E-state index contributed by atoms with van der Waals surface area (Å²) in [4.78, 5) is 23.9. The molecule has 0 unspecified atom stereocenters. The van der Waals surface area contributed by atoms with E-state index in [4.69, 9.17) is 5.11 Å². The molecule has 2 aromatic rings. The maximum absolute atomic E-state index is 11.9. The summed E-state index contributed by atoms with van der Waals surface area (Å²) in [6.45, 7) is 0. The highest BCUT2D eigenvalue weighted by atomic mass is 79.9. The predicted molar refractivity (Wildman–Crippen MR) is 81.5 cm³/mol. The number of nitrogens with one attached hydrogen (secondary N) is 1. The predicted octanol–water partition coefficient (Wildman–Crippen LogP) is 3.37. The number of hydrogen-bond acceptors (Lipinski definition) is 3. The molecule has 0 bridgehead atoms. The smallest absolute Gasteiger partial charge is 0.352 e. The van der Waals surface area contributed by atoms with Gasteiger partial charge in [-0.3, -0.25) is 4.79 Å². The van der Waals surface area contributed by atoms with Gasteiger partial charge in [0.05, 0.1) is 3.79 Å². The first-order valence-electron chi connectivity index (χ1n) is 5.63. The minimum atomic E-state index is -1.18. The van der Waals surface area contributed by atoms with Crippen LogP contribution in [0.15, 0.2) is 51.9 Å². The van der Waals surface area contributed by atoms with Crippen molar-refractivity contribution in [2.45, 2.75) is 0 Å². The van der Waals surface area contributed by atoms with E-state index in [0.717, 1.165) is 8.66 Å². The number of rotatable bonds is 4. The van der Waals surface area contributed by atoms with Crippen molar-refractivity contribution in [2.75, 3.05) is 0 Å². The lowest BCUT2D eigenvalue weighted by Gasteiger charge is -2.05. The first kappa shape index (κ1) is 14.5. The Labute approximate surface area is 127 Å². The van der Waals surface area contributed by atoms with Gasteiger partial charge >= 0.3 is 5.97 Å². The average Bonchev–Trinajstić information content (AvgIpc) is 2.84. The van der Waals surface area contributed by atoms with Gasteiger partial charge in [0, 0.05) is 10.4 Å². The number of amides is 1. The molecular formula is C14H10BrNO3S. The summed E-state index contributed by atoms with van der Waals surface area (Å²) in [6, 6.07) is 12.0. The largest absolute Gasteiger partial charge is 0.477 e. The fourth-order valence-corrected chi connectivity index (χ4v) is 2.85. The molecular weight excluding hydrogens is 342 g/mol. The first-order valence-corrected chi connectivity index (χ1v) is 7.24. The molecule has 0 atom stereocenters. The van der Waals surface area contributed by atoms with Crippen LogP contribution in [0, 0.1) is 0 Å². The third-order valence-corrected chi connectivity index (χ3v) is 3.97. The maximum atomic E-state index is 11.9. The molecule has 0 fully saturated rings. The third kappa shape index (κ3) is 3.79. The number of carbonyl (C=O) groups is 2. The van der Waals surface area contributed by atoms with Crippen molar-refractivity contribution >= 4 is 45.2 Å². The average molecular weight is 352 g/mol. The highest BCUT2D eigenvalue weighted by Crippen LogP contribution is 2.23. The van der Waals surface area contributed by atoms with Gasteiger partial charge in [-0.2, -0.15) is 0 Å². The van der Waals surface area contributed by atoms with Gasteiger partial charge in [0.25, 0.3) is 5.91 Å². The Balaban J connectivity index is 2.20. The maximum Gasteiger partial charge on any atom is 0.352 e. The molecule has 0 spiro atoms. The van der Waals surface area contributed by atoms with Crippen molar-refractivity contribution in [2.24, 2.45) is 0 Å². The van der Waals surface area contributed by atoms with E-state index in [1.54, 1.807) is 36.4 Å². The van der Waals surface area contributed by atoms with Gasteiger partial charge in [-0.15, -0.1) is 11.3 Å². The van der Waals surface area contributed by atoms with Gasteiger partial charge in [-0.1, -0.05) is 18.2 Å². The number of carboxylic acids is 1. The highest BCUT2D eigenvalue weighted by molar-refractivity contribution is 9.11. The summed E-state index contributed by atoms with van der Waals surface area (Å²) in [5, 5.41) is 11.6. The van der Waals surface area contributed by atoms with Gasteiger partial charge in [0.1, 0.15) is 5.70 Å². The summed E-state index contributed by atoms with van der Waals surface area (Å²) in [5.74, 6) is -1.63. The Morgan fingerprint density at radius 2 is 1.85 bits per heavy atom. The number of hydrogen-bond donors (Lipinski definition) is 2. The minimum absolute atomic E-state index is 0.159. The molecule has 2 N–H and O–H groups in total. The summed E-state index contributed by atoms with van der Waals surface area (Å²) in [5.41, 5.74) is 0.250. The molecule has 0 aliphatic rings. The van der Waals surface area contributed by atoms with Crippen molar-refractivity contribution in [3.63, 3.8) is 0 Å². The summed E-state index contributed by atoms with van der Waals surface area (Å²) in [7, 11) is 0. The standard InChI is InChI=1S/C14H10BrNO3S/c15-12-7-6-10(20-12)8-11(14(18)19)16-13(17)9-4-2-1-3-5-9/h1-8H,(H,16,17)(H,18,19). The van der Waals surface area contributed by atoms with Gasteiger partial charge < -0.3 is 10.4 Å². The second-order valence-corrected chi connectivity index (χ2v) is 6.32. The number of halogens is 1. The fraction of sp³-hybridized carbons (Fsp3) is 0. The number of thiophene rings is 1. The third-order valence-electron chi connectivity index (χ3n) is 2.40. The molecule has 0 saturated heterocycles. The van der Waals surface area contributed by atoms with Gasteiger partial charge in [0.2, 0.25) is 0 Å². The number of aliphatic carboxylic acids is 1. The van der Waals surface area contributed by atoms with Crippen LogP contribution in [0.1, 0.15) is 15.2 Å². The molecule has 0 radical (unpaired) electrons. The van der Waals surface area contributed by atoms with Crippen LogP contribution in [0.3, 0.4) is 0 Å². The van der Waals surface area contributed by atoms with E-state index < -0.39 is 11.9 Å². The van der Waals surface area contributed by atoms with Gasteiger partial charge in [-0.05, 0) is 46.3 Å². The molecule has 1 aromatic carbocycles. The second kappa shape index (κ2) is 6.49. The van der Waals surface area contributed by atoms with Crippen LogP contribution in [0.4, 0.5) is 0 Å². The summed E-state index contributed by atoms with van der Waals surface area (Å²) >= 11 is 4.68. The normalized spacial score (nSPS) is 11.2. The van der Waals surface area contributed by atoms with Gasteiger partial charge in [0.15, 0.2) is 0 Å². The van der Waals surface area contributed by atoms with Crippen molar-refractivity contribution in [3.05, 3.63) is 62.4 Å². The second-order valence-electron chi connectivity index (χ2n) is 3.83. The van der Waals surface area contributed by atoms with E-state index in [1.165, 1.54) is 17.4 Å². The number of carbonyl (C=O) groups excluding carboxylic acids is 1. The topological polar surface area (TPSA) is 66.4 Å². The SMILES string of the molecule is O=C(O)C(=Cc1ccc(Br)s1)NC(=O)c1ccccc1. The van der Waals surface area contributed by atoms with E-state index in [9.17, 15) is 9.59 Å². The van der Waals surface area contributed by atoms with Crippen molar-refractivity contribution in [1.82, 2.24) is 5.32 Å². The minimum Gasteiger partial charge on any atom is -0.477 e. The fourth-order valence-electron chi connectivity index (χ4n) is 1.48. The van der Waals surface area contributed by atoms with E-state index in [-0.39, 0.29) is 5.70 Å². The number of benzene rings is 1. The zero-order valence-electron chi connectivity index (χ0n) is 10.2. The van der Waals surface area contributed by atoms with Crippen LogP contribution in [-0.4, -0.2) is 17.0 Å². The Bertz CT molecular complexity index is 664.